The van der Waals surface area contributed by atoms with Gasteiger partial charge in [-0.2, -0.15) is 0 Å². The topological polar surface area (TPSA) is 63.5 Å². The first kappa shape index (κ1) is 19.8. The van der Waals surface area contributed by atoms with Crippen molar-refractivity contribution < 1.29 is 4.74 Å². The molecule has 1 heterocycles. The normalized spacial score (nSPS) is 11.7. The van der Waals surface area contributed by atoms with Crippen molar-refractivity contribution in [1.82, 2.24) is 20.2 Å². The van der Waals surface area contributed by atoms with E-state index in [0.29, 0.717) is 12.5 Å². The molecule has 0 atom stereocenters. The van der Waals surface area contributed by atoms with Gasteiger partial charge in [-0.15, -0.1) is 0 Å². The van der Waals surface area contributed by atoms with Crippen LogP contribution < -0.4 is 15.4 Å². The summed E-state index contributed by atoms with van der Waals surface area (Å²) in [4.78, 5) is 8.33. The van der Waals surface area contributed by atoms with Gasteiger partial charge in [-0.25, -0.2) is 4.98 Å². The Morgan fingerprint density at radius 3 is 2.85 bits per heavy atom. The van der Waals surface area contributed by atoms with E-state index in [-0.39, 0.29) is 0 Å². The molecule has 2 N–H and O–H groups in total. The van der Waals surface area contributed by atoms with Gasteiger partial charge in [0.1, 0.15) is 5.75 Å². The van der Waals surface area contributed by atoms with Crippen molar-refractivity contribution in [1.29, 1.82) is 0 Å². The van der Waals surface area contributed by atoms with E-state index in [4.69, 9.17) is 4.74 Å². The fourth-order valence-electron chi connectivity index (χ4n) is 2.47. The Hall–Kier alpha value is -2.50. The first-order valence-electron chi connectivity index (χ1n) is 9.21. The van der Waals surface area contributed by atoms with Crippen molar-refractivity contribution >= 4 is 5.96 Å². The Morgan fingerprint density at radius 2 is 2.15 bits per heavy atom. The van der Waals surface area contributed by atoms with Gasteiger partial charge in [0, 0.05) is 44.6 Å². The molecule has 0 spiro atoms. The molecule has 6 nitrogen and oxygen atoms in total. The number of aliphatic imine (C=N–C) groups is 1. The molecule has 1 aromatic heterocycles. The van der Waals surface area contributed by atoms with E-state index in [1.54, 1.807) is 13.2 Å². The maximum Gasteiger partial charge on any atom is 0.191 e. The van der Waals surface area contributed by atoms with Crippen LogP contribution in [0.15, 0.2) is 41.9 Å². The van der Waals surface area contributed by atoms with Gasteiger partial charge in [-0.1, -0.05) is 26.0 Å². The van der Waals surface area contributed by atoms with Crippen LogP contribution in [-0.2, 0) is 13.1 Å². The average Bonchev–Trinajstić information content (AvgIpc) is 3.12. The molecule has 0 amide bonds. The zero-order valence-corrected chi connectivity index (χ0v) is 16.3. The predicted molar refractivity (Wildman–Crippen MR) is 107 cm³/mol. The molecule has 2 aromatic rings. The highest BCUT2D eigenvalue weighted by atomic mass is 16.5. The van der Waals surface area contributed by atoms with Crippen molar-refractivity contribution in [3.8, 4) is 5.75 Å². The minimum absolute atomic E-state index is 0.639. The standard InChI is InChI=1S/C20H31N5O/c1-16(2)7-12-26-19-13-17(3)5-6-18(19)14-24-20(21-4)23-9-11-25-10-8-22-15-25/h5-6,8,10,13,15-16H,7,9,11-12,14H2,1-4H3,(H2,21,23,24). The molecule has 6 heteroatoms. The predicted octanol–water partition coefficient (Wildman–Crippen LogP) is 2.98. The van der Waals surface area contributed by atoms with Crippen LogP contribution in [0.5, 0.6) is 5.75 Å². The Labute approximate surface area is 156 Å². The van der Waals surface area contributed by atoms with Gasteiger partial charge in [-0.3, -0.25) is 4.99 Å². The Bertz CT molecular complexity index is 680. The van der Waals surface area contributed by atoms with Crippen LogP contribution >= 0.6 is 0 Å². The number of imidazole rings is 1. The second-order valence-electron chi connectivity index (χ2n) is 6.80. The van der Waals surface area contributed by atoms with Gasteiger partial charge in [0.25, 0.3) is 0 Å². The largest absolute Gasteiger partial charge is 0.493 e. The van der Waals surface area contributed by atoms with Crippen molar-refractivity contribution in [2.75, 3.05) is 20.2 Å². The Balaban J connectivity index is 1.85. The fraction of sp³-hybridized carbons (Fsp3) is 0.500. The number of benzene rings is 1. The first-order valence-corrected chi connectivity index (χ1v) is 9.21. The molecule has 0 saturated heterocycles. The summed E-state index contributed by atoms with van der Waals surface area (Å²) in [6.07, 6.45) is 6.60. The van der Waals surface area contributed by atoms with Crippen LogP contribution in [0.25, 0.3) is 0 Å². The van der Waals surface area contributed by atoms with Crippen LogP contribution in [0.3, 0.4) is 0 Å². The van der Waals surface area contributed by atoms with Crippen LogP contribution in [0, 0.1) is 12.8 Å². The van der Waals surface area contributed by atoms with Gasteiger partial charge in [-0.05, 0) is 30.9 Å². The molecule has 0 bridgehead atoms. The molecule has 0 unspecified atom stereocenters. The highest BCUT2D eigenvalue weighted by molar-refractivity contribution is 5.79. The summed E-state index contributed by atoms with van der Waals surface area (Å²) in [7, 11) is 1.78. The van der Waals surface area contributed by atoms with E-state index in [2.05, 4.69) is 59.6 Å². The summed E-state index contributed by atoms with van der Waals surface area (Å²) in [6, 6.07) is 6.33. The lowest BCUT2D eigenvalue weighted by Crippen LogP contribution is -2.38. The van der Waals surface area contributed by atoms with Gasteiger partial charge < -0.3 is 19.9 Å². The average molecular weight is 358 g/mol. The number of ether oxygens (including phenoxy) is 1. The number of hydrogen-bond acceptors (Lipinski definition) is 3. The highest BCUT2D eigenvalue weighted by Gasteiger charge is 2.06. The lowest BCUT2D eigenvalue weighted by atomic mass is 10.1. The molecule has 0 aliphatic heterocycles. The summed E-state index contributed by atoms with van der Waals surface area (Å²) < 4.78 is 8.04. The van der Waals surface area contributed by atoms with E-state index in [9.17, 15) is 0 Å². The molecule has 0 aliphatic rings. The van der Waals surface area contributed by atoms with Gasteiger partial charge in [0.05, 0.1) is 12.9 Å². The molecule has 1 aromatic carbocycles. The number of rotatable bonds is 9. The number of guanidine groups is 1. The molecule has 0 aliphatic carbocycles. The summed E-state index contributed by atoms with van der Waals surface area (Å²) >= 11 is 0. The minimum atomic E-state index is 0.639. The Morgan fingerprint density at radius 1 is 1.31 bits per heavy atom. The fourth-order valence-corrected chi connectivity index (χ4v) is 2.47. The van der Waals surface area contributed by atoms with Crippen LogP contribution in [-0.4, -0.2) is 35.7 Å². The molecule has 26 heavy (non-hydrogen) atoms. The van der Waals surface area contributed by atoms with Crippen molar-refractivity contribution in [3.05, 3.63) is 48.0 Å². The summed E-state index contributed by atoms with van der Waals surface area (Å²) in [5.74, 6) is 2.37. The second kappa shape index (κ2) is 10.5. The van der Waals surface area contributed by atoms with E-state index < -0.39 is 0 Å². The lowest BCUT2D eigenvalue weighted by Gasteiger charge is -2.16. The summed E-state index contributed by atoms with van der Waals surface area (Å²) in [5, 5.41) is 6.68. The number of nitrogens with one attached hydrogen (secondary N) is 2. The SMILES string of the molecule is CN=C(NCCn1ccnc1)NCc1ccc(C)cc1OCCC(C)C. The first-order chi connectivity index (χ1) is 12.6. The summed E-state index contributed by atoms with van der Waals surface area (Å²) in [6.45, 7) is 9.54. The number of aromatic nitrogens is 2. The number of nitrogens with zero attached hydrogens (tertiary/aromatic N) is 3. The smallest absolute Gasteiger partial charge is 0.191 e. The zero-order valence-electron chi connectivity index (χ0n) is 16.3. The van der Waals surface area contributed by atoms with Gasteiger partial charge >= 0.3 is 0 Å². The number of hydrogen-bond donors (Lipinski definition) is 2. The monoisotopic (exact) mass is 357 g/mol. The Kier molecular flexibility index (Phi) is 7.99. The third-order valence-electron chi connectivity index (χ3n) is 4.07. The molecule has 142 valence electrons. The molecule has 0 saturated carbocycles. The van der Waals surface area contributed by atoms with E-state index >= 15 is 0 Å². The van der Waals surface area contributed by atoms with Crippen LogP contribution in [0.2, 0.25) is 0 Å². The van der Waals surface area contributed by atoms with Gasteiger partial charge in [0.15, 0.2) is 5.96 Å². The second-order valence-corrected chi connectivity index (χ2v) is 6.80. The third-order valence-corrected chi connectivity index (χ3v) is 4.07. The van der Waals surface area contributed by atoms with Gasteiger partial charge in [0.2, 0.25) is 0 Å². The molecule has 2 rings (SSSR count). The number of aryl methyl sites for hydroxylation is 1. The minimum Gasteiger partial charge on any atom is -0.493 e. The van der Waals surface area contributed by atoms with Crippen molar-refractivity contribution in [2.24, 2.45) is 10.9 Å². The van der Waals surface area contributed by atoms with E-state index in [1.807, 2.05) is 17.1 Å². The van der Waals surface area contributed by atoms with Crippen LogP contribution in [0.1, 0.15) is 31.4 Å². The van der Waals surface area contributed by atoms with Crippen molar-refractivity contribution in [2.45, 2.75) is 40.3 Å². The molecule has 0 fully saturated rings. The highest BCUT2D eigenvalue weighted by Crippen LogP contribution is 2.21. The quantitative estimate of drug-likeness (QED) is 0.535. The third kappa shape index (κ3) is 6.78. The molecule has 0 radical (unpaired) electrons. The van der Waals surface area contributed by atoms with E-state index in [0.717, 1.165) is 43.4 Å². The van der Waals surface area contributed by atoms with Crippen molar-refractivity contribution in [3.63, 3.8) is 0 Å². The maximum absolute atomic E-state index is 6.01. The zero-order chi connectivity index (χ0) is 18.8. The lowest BCUT2D eigenvalue weighted by molar-refractivity contribution is 0.286. The van der Waals surface area contributed by atoms with Crippen LogP contribution in [0.4, 0.5) is 0 Å². The maximum atomic E-state index is 6.01. The summed E-state index contributed by atoms with van der Waals surface area (Å²) in [5.41, 5.74) is 2.34. The molecular weight excluding hydrogens is 326 g/mol. The van der Waals surface area contributed by atoms with E-state index in [1.165, 1.54) is 5.56 Å². The molecular formula is C20H31N5O.